The molecule has 3 heterocycles. The summed E-state index contributed by atoms with van der Waals surface area (Å²) in [4.78, 5) is 18.1. The summed E-state index contributed by atoms with van der Waals surface area (Å²) in [7, 11) is 0. The molecule has 1 aromatic carbocycles. The summed E-state index contributed by atoms with van der Waals surface area (Å²) in [5, 5.41) is 1.36. The predicted octanol–water partition coefficient (Wildman–Crippen LogP) is 3.84. The van der Waals surface area contributed by atoms with E-state index in [1.54, 1.807) is 0 Å². The molecule has 2 aliphatic rings. The van der Waals surface area contributed by atoms with Crippen LogP contribution in [0, 0.1) is 5.41 Å². The maximum atomic E-state index is 11.7. The van der Waals surface area contributed by atoms with Crippen molar-refractivity contribution in [1.82, 2.24) is 9.88 Å². The molecular formula is C22H30N2O3. The average Bonchev–Trinajstić information content (AvgIpc) is 3.06. The highest BCUT2D eigenvalue weighted by Gasteiger charge is 2.47. The van der Waals surface area contributed by atoms with Gasteiger partial charge in [0.1, 0.15) is 6.61 Å². The largest absolute Gasteiger partial charge is 0.464 e. The first kappa shape index (κ1) is 18.5. The van der Waals surface area contributed by atoms with Crippen molar-refractivity contribution in [2.75, 3.05) is 32.9 Å². The van der Waals surface area contributed by atoms with Crippen molar-refractivity contribution in [2.45, 2.75) is 45.6 Å². The second kappa shape index (κ2) is 7.64. The highest BCUT2D eigenvalue weighted by atomic mass is 16.6. The molecule has 0 saturated carbocycles. The number of hydrogen-bond donors (Lipinski definition) is 1. The molecule has 1 fully saturated rings. The summed E-state index contributed by atoms with van der Waals surface area (Å²) < 4.78 is 10.9. The lowest BCUT2D eigenvalue weighted by molar-refractivity contribution is -0.151. The maximum Gasteiger partial charge on any atom is 0.332 e. The Labute approximate surface area is 161 Å². The molecule has 2 aromatic rings. The number of aromatic nitrogens is 1. The van der Waals surface area contributed by atoms with Crippen LogP contribution in [0.5, 0.6) is 0 Å². The van der Waals surface area contributed by atoms with Gasteiger partial charge < -0.3 is 14.5 Å². The van der Waals surface area contributed by atoms with Crippen LogP contribution in [0.15, 0.2) is 24.3 Å². The van der Waals surface area contributed by atoms with E-state index in [0.29, 0.717) is 19.3 Å². The molecule has 5 nitrogen and oxygen atoms in total. The Kier molecular flexibility index (Phi) is 5.24. The van der Waals surface area contributed by atoms with Gasteiger partial charge in [0.05, 0.1) is 19.3 Å². The fourth-order valence-electron chi connectivity index (χ4n) is 5.16. The Bertz CT molecular complexity index is 815. The van der Waals surface area contributed by atoms with E-state index in [0.717, 1.165) is 32.4 Å². The molecule has 0 spiro atoms. The standard InChI is InChI=1S/C22H30N2O3/c1-3-22(15-26-14-19(25)27-4-2)11-7-12-24-13-10-17-16-8-5-6-9-18(16)23-20(17)21(22)24/h5-6,8-9,21,23H,3-4,7,10-15H2,1-2H3/t21-,22-/m0/s1. The molecule has 5 heteroatoms. The second-order valence-electron chi connectivity index (χ2n) is 7.87. The van der Waals surface area contributed by atoms with Crippen molar-refractivity contribution in [3.8, 4) is 0 Å². The number of piperidine rings is 1. The number of carbonyl (C=O) groups excluding carboxylic acids is 1. The number of rotatable bonds is 6. The monoisotopic (exact) mass is 370 g/mol. The van der Waals surface area contributed by atoms with Crippen LogP contribution in [0.2, 0.25) is 0 Å². The molecule has 2 aliphatic heterocycles. The van der Waals surface area contributed by atoms with E-state index in [-0.39, 0.29) is 18.0 Å². The summed E-state index contributed by atoms with van der Waals surface area (Å²) >= 11 is 0. The van der Waals surface area contributed by atoms with Gasteiger partial charge >= 0.3 is 5.97 Å². The Balaban J connectivity index is 1.64. The molecule has 1 saturated heterocycles. The van der Waals surface area contributed by atoms with E-state index in [1.165, 1.54) is 28.6 Å². The molecular weight excluding hydrogens is 340 g/mol. The number of fused-ring (bicyclic) bond motifs is 5. The first-order chi connectivity index (χ1) is 13.2. The number of carbonyl (C=O) groups is 1. The fraction of sp³-hybridized carbons (Fsp3) is 0.591. The molecule has 146 valence electrons. The van der Waals surface area contributed by atoms with Gasteiger partial charge in [-0.1, -0.05) is 25.1 Å². The molecule has 0 amide bonds. The topological polar surface area (TPSA) is 54.6 Å². The van der Waals surface area contributed by atoms with Crippen molar-refractivity contribution < 1.29 is 14.3 Å². The van der Waals surface area contributed by atoms with Crippen LogP contribution >= 0.6 is 0 Å². The molecule has 1 aromatic heterocycles. The van der Waals surface area contributed by atoms with Crippen molar-refractivity contribution >= 4 is 16.9 Å². The van der Waals surface area contributed by atoms with Crippen molar-refractivity contribution in [3.05, 3.63) is 35.5 Å². The van der Waals surface area contributed by atoms with Gasteiger partial charge in [-0.05, 0) is 50.8 Å². The van der Waals surface area contributed by atoms with E-state index in [4.69, 9.17) is 9.47 Å². The minimum absolute atomic E-state index is 0.0286. The third-order valence-corrected chi connectivity index (χ3v) is 6.45. The molecule has 0 radical (unpaired) electrons. The molecule has 1 N–H and O–H groups in total. The number of benzene rings is 1. The van der Waals surface area contributed by atoms with Crippen molar-refractivity contribution in [2.24, 2.45) is 5.41 Å². The SMILES string of the molecule is CCOC(=O)COC[C@]1(CC)CCCN2CCc3c([nH]c4ccccc34)[C@H]21. The van der Waals surface area contributed by atoms with Crippen LogP contribution in [0.3, 0.4) is 0 Å². The molecule has 4 rings (SSSR count). The number of nitrogens with zero attached hydrogens (tertiary/aromatic N) is 1. The minimum atomic E-state index is -0.272. The van der Waals surface area contributed by atoms with Gasteiger partial charge in [0.15, 0.2) is 0 Å². The van der Waals surface area contributed by atoms with E-state index in [1.807, 2.05) is 6.92 Å². The van der Waals surface area contributed by atoms with Gasteiger partial charge in [0.2, 0.25) is 0 Å². The highest BCUT2D eigenvalue weighted by Crippen LogP contribution is 2.51. The van der Waals surface area contributed by atoms with Crippen LogP contribution < -0.4 is 0 Å². The zero-order valence-electron chi connectivity index (χ0n) is 16.4. The van der Waals surface area contributed by atoms with Crippen LogP contribution in [-0.4, -0.2) is 48.8 Å². The van der Waals surface area contributed by atoms with Gasteiger partial charge in [-0.2, -0.15) is 0 Å². The number of esters is 1. The van der Waals surface area contributed by atoms with Crippen molar-refractivity contribution in [3.63, 3.8) is 0 Å². The minimum Gasteiger partial charge on any atom is -0.464 e. The maximum absolute atomic E-state index is 11.7. The smallest absolute Gasteiger partial charge is 0.332 e. The number of ether oxygens (including phenoxy) is 2. The van der Waals surface area contributed by atoms with Crippen LogP contribution in [0.1, 0.15) is 50.4 Å². The molecule has 0 aliphatic carbocycles. The van der Waals surface area contributed by atoms with E-state index < -0.39 is 0 Å². The Morgan fingerprint density at radius 1 is 1.30 bits per heavy atom. The number of H-pyrrole nitrogens is 1. The van der Waals surface area contributed by atoms with Gasteiger partial charge in [-0.15, -0.1) is 0 Å². The van der Waals surface area contributed by atoms with Crippen molar-refractivity contribution in [1.29, 1.82) is 0 Å². The van der Waals surface area contributed by atoms with E-state index in [2.05, 4.69) is 41.1 Å². The Morgan fingerprint density at radius 3 is 2.96 bits per heavy atom. The van der Waals surface area contributed by atoms with Crippen LogP contribution in [-0.2, 0) is 20.7 Å². The Morgan fingerprint density at radius 2 is 2.15 bits per heavy atom. The first-order valence-corrected chi connectivity index (χ1v) is 10.3. The molecule has 2 atom stereocenters. The third kappa shape index (κ3) is 3.27. The lowest BCUT2D eigenvalue weighted by Gasteiger charge is -2.51. The zero-order valence-corrected chi connectivity index (χ0v) is 16.4. The number of para-hydroxylation sites is 1. The summed E-state index contributed by atoms with van der Waals surface area (Å²) in [6.07, 6.45) is 4.44. The molecule has 0 unspecified atom stereocenters. The highest BCUT2D eigenvalue weighted by molar-refractivity contribution is 5.85. The van der Waals surface area contributed by atoms with Gasteiger partial charge in [0, 0.05) is 28.6 Å². The number of nitrogens with one attached hydrogen (secondary N) is 1. The van der Waals surface area contributed by atoms with Gasteiger partial charge in [0.25, 0.3) is 0 Å². The molecule has 0 bridgehead atoms. The lowest BCUT2D eigenvalue weighted by Crippen LogP contribution is -2.51. The number of hydrogen-bond acceptors (Lipinski definition) is 4. The predicted molar refractivity (Wildman–Crippen MR) is 106 cm³/mol. The quantitative estimate of drug-likeness (QED) is 0.785. The van der Waals surface area contributed by atoms with Gasteiger partial charge in [-0.3, -0.25) is 4.90 Å². The molecule has 27 heavy (non-hydrogen) atoms. The van der Waals surface area contributed by atoms with Crippen LogP contribution in [0.4, 0.5) is 0 Å². The Hall–Kier alpha value is -1.85. The average molecular weight is 370 g/mol. The summed E-state index contributed by atoms with van der Waals surface area (Å²) in [6, 6.07) is 8.95. The zero-order chi connectivity index (χ0) is 18.9. The second-order valence-corrected chi connectivity index (χ2v) is 7.87. The van der Waals surface area contributed by atoms with Crippen LogP contribution in [0.25, 0.3) is 10.9 Å². The number of aromatic amines is 1. The third-order valence-electron chi connectivity index (χ3n) is 6.45. The van der Waals surface area contributed by atoms with Gasteiger partial charge in [-0.25, -0.2) is 4.79 Å². The summed E-state index contributed by atoms with van der Waals surface area (Å²) in [6.45, 7) is 7.35. The van der Waals surface area contributed by atoms with E-state index in [9.17, 15) is 4.79 Å². The first-order valence-electron chi connectivity index (χ1n) is 10.3. The lowest BCUT2D eigenvalue weighted by atomic mass is 9.68. The van der Waals surface area contributed by atoms with E-state index >= 15 is 0 Å². The fourth-order valence-corrected chi connectivity index (χ4v) is 5.16. The normalized spacial score (nSPS) is 25.2. The summed E-state index contributed by atoms with van der Waals surface area (Å²) in [5.41, 5.74) is 4.09. The summed E-state index contributed by atoms with van der Waals surface area (Å²) in [5.74, 6) is -0.272.